The zero-order chi connectivity index (χ0) is 22.0. The van der Waals surface area contributed by atoms with E-state index in [1.807, 2.05) is 0 Å². The summed E-state index contributed by atoms with van der Waals surface area (Å²) in [5, 5.41) is 4.65. The van der Waals surface area contributed by atoms with E-state index >= 15 is 0 Å². The van der Waals surface area contributed by atoms with Gasteiger partial charge in [-0.1, -0.05) is 135 Å². The summed E-state index contributed by atoms with van der Waals surface area (Å²) < 4.78 is 0. The Morgan fingerprint density at radius 3 is 0.812 bits per heavy atom. The van der Waals surface area contributed by atoms with Gasteiger partial charge in [0.05, 0.1) is 0 Å². The van der Waals surface area contributed by atoms with Crippen molar-refractivity contribution >= 4 is 15.8 Å². The van der Waals surface area contributed by atoms with Gasteiger partial charge in [0, 0.05) is 50.3 Å². The van der Waals surface area contributed by atoms with E-state index in [0.717, 1.165) is 0 Å². The first-order valence-corrected chi connectivity index (χ1v) is 13.2. The van der Waals surface area contributed by atoms with Crippen LogP contribution in [0.25, 0.3) is 0 Å². The Kier molecular flexibility index (Phi) is 19.9. The van der Waals surface area contributed by atoms with Crippen LogP contribution in [0.4, 0.5) is 0 Å². The van der Waals surface area contributed by atoms with Gasteiger partial charge in [-0.3, -0.25) is 0 Å². The predicted octanol–water partition coefficient (Wildman–Crippen LogP) is 3.45. The Balaban J connectivity index is -0.000000218. The summed E-state index contributed by atoms with van der Waals surface area (Å²) in [6.45, 7) is 28.3. The molecule has 0 nitrogen and oxygen atoms in total. The standard InChI is InChI=1S/2C13H22P.2ClH.Fe.Pd/c2*1-12(2,3)14(13(4,5)6)11-9-7-8-10-11;;;;/h2*7-10H,1-6H3;2*1H;;/p-2. The molecular weight excluding hydrogens is 607 g/mol. The van der Waals surface area contributed by atoms with Crippen molar-refractivity contribution in [2.24, 2.45) is 0 Å². The molecule has 2 radical (unpaired) electrons. The molecular formula is C26H44Cl2FeP2Pd-2. The maximum atomic E-state index is 2.36. The van der Waals surface area contributed by atoms with Crippen LogP contribution in [0, 0.1) is 12.8 Å². The summed E-state index contributed by atoms with van der Waals surface area (Å²) in [5.74, 6) is 0. The van der Waals surface area contributed by atoms with Crippen LogP contribution < -0.4 is 24.8 Å². The van der Waals surface area contributed by atoms with E-state index in [-0.39, 0.29) is 78.1 Å². The molecule has 0 heterocycles. The normalized spacial score (nSPS) is 15.6. The van der Waals surface area contributed by atoms with Gasteiger partial charge in [0.25, 0.3) is 0 Å². The van der Waals surface area contributed by atoms with E-state index < -0.39 is 0 Å². The van der Waals surface area contributed by atoms with Gasteiger partial charge >= 0.3 is 0 Å². The summed E-state index contributed by atoms with van der Waals surface area (Å²) in [7, 11) is -0.202. The third kappa shape index (κ3) is 13.0. The van der Waals surface area contributed by atoms with Crippen molar-refractivity contribution in [3.05, 3.63) is 59.9 Å². The zero-order valence-electron chi connectivity index (χ0n) is 21.9. The van der Waals surface area contributed by atoms with Crippen LogP contribution in [0.5, 0.6) is 0 Å². The van der Waals surface area contributed by atoms with Gasteiger partial charge in [0.15, 0.2) is 0 Å². The average molecular weight is 652 g/mol. The maximum absolute atomic E-state index is 2.36. The molecule has 0 aromatic heterocycles. The smallest absolute Gasteiger partial charge is 0.0130 e. The maximum Gasteiger partial charge on any atom is 0.0130 e. The van der Waals surface area contributed by atoms with Crippen LogP contribution >= 0.6 is 15.8 Å². The van der Waals surface area contributed by atoms with E-state index in [0.29, 0.717) is 20.6 Å². The van der Waals surface area contributed by atoms with E-state index in [9.17, 15) is 0 Å². The first-order chi connectivity index (χ1) is 12.5. The van der Waals surface area contributed by atoms with Crippen LogP contribution in [-0.2, 0) is 37.5 Å². The van der Waals surface area contributed by atoms with Crippen molar-refractivity contribution in [2.75, 3.05) is 0 Å². The Morgan fingerprint density at radius 2 is 0.688 bits per heavy atom. The van der Waals surface area contributed by atoms with E-state index in [1.54, 1.807) is 10.6 Å². The van der Waals surface area contributed by atoms with Crippen molar-refractivity contribution in [1.29, 1.82) is 0 Å². The molecule has 0 saturated heterocycles. The zero-order valence-corrected chi connectivity index (χ0v) is 27.9. The molecule has 0 saturated carbocycles. The van der Waals surface area contributed by atoms with Crippen LogP contribution in [0.1, 0.15) is 83.1 Å². The molecule has 0 bridgehead atoms. The first-order valence-electron chi connectivity index (χ1n) is 10.5. The fraction of sp³-hybridized carbons (Fsp3) is 0.615. The SMILES string of the molecule is CC(C)(C)P(C1=CC=C[CH]1)C(C)(C)C.CC(C)(C)P(C1=CC=C[CH]1)C(C)(C)C.[Cl-].[Cl-].[Fe].[Pd]. The Bertz CT molecular complexity index is 569. The summed E-state index contributed by atoms with van der Waals surface area (Å²) in [6.07, 6.45) is 17.7. The minimum absolute atomic E-state index is 0. The monoisotopic (exact) mass is 650 g/mol. The molecule has 0 atom stereocenters. The number of halogens is 2. The molecule has 0 fully saturated rings. The van der Waals surface area contributed by atoms with Crippen LogP contribution in [-0.4, -0.2) is 20.6 Å². The van der Waals surface area contributed by atoms with Gasteiger partial charge in [-0.25, -0.2) is 0 Å². The van der Waals surface area contributed by atoms with Crippen molar-refractivity contribution < 1.29 is 62.3 Å². The molecule has 2 aliphatic carbocycles. The second kappa shape index (κ2) is 15.6. The summed E-state index contributed by atoms with van der Waals surface area (Å²) >= 11 is 0. The Hall–Kier alpha value is 1.58. The second-order valence-electron chi connectivity index (χ2n) is 11.6. The average Bonchev–Trinajstić information content (AvgIpc) is 3.06. The Morgan fingerprint density at radius 1 is 0.469 bits per heavy atom. The molecule has 0 unspecified atom stereocenters. The van der Waals surface area contributed by atoms with Crippen molar-refractivity contribution in [3.8, 4) is 0 Å². The van der Waals surface area contributed by atoms with Crippen molar-refractivity contribution in [3.63, 3.8) is 0 Å². The molecule has 32 heavy (non-hydrogen) atoms. The molecule has 0 aliphatic heterocycles. The second-order valence-corrected chi connectivity index (χ2v) is 19.4. The summed E-state index contributed by atoms with van der Waals surface area (Å²) in [6, 6.07) is 0. The van der Waals surface area contributed by atoms with Gasteiger partial charge in [-0.2, -0.15) is 0 Å². The molecule has 2 rings (SSSR count). The number of allylic oxidation sites excluding steroid dienone is 8. The van der Waals surface area contributed by atoms with Gasteiger partial charge in [0.1, 0.15) is 0 Å². The van der Waals surface area contributed by atoms with E-state index in [1.165, 1.54) is 0 Å². The van der Waals surface area contributed by atoms with E-state index in [4.69, 9.17) is 0 Å². The third-order valence-electron chi connectivity index (χ3n) is 4.49. The minimum atomic E-state index is -0.101. The molecule has 0 aromatic carbocycles. The number of hydrogen-bond donors (Lipinski definition) is 0. The van der Waals surface area contributed by atoms with Gasteiger partial charge < -0.3 is 24.8 Å². The molecule has 0 amide bonds. The first kappa shape index (κ1) is 40.7. The molecule has 2 aliphatic rings. The molecule has 0 N–H and O–H groups in total. The predicted molar refractivity (Wildman–Crippen MR) is 136 cm³/mol. The van der Waals surface area contributed by atoms with Crippen LogP contribution in [0.3, 0.4) is 0 Å². The van der Waals surface area contributed by atoms with Crippen molar-refractivity contribution in [1.82, 2.24) is 0 Å². The fourth-order valence-corrected chi connectivity index (χ4v) is 12.7. The molecule has 0 spiro atoms. The van der Waals surface area contributed by atoms with Gasteiger partial charge in [-0.05, 0) is 31.3 Å². The number of hydrogen-bond acceptors (Lipinski definition) is 0. The molecule has 6 heteroatoms. The van der Waals surface area contributed by atoms with Crippen LogP contribution in [0.2, 0.25) is 0 Å². The summed E-state index contributed by atoms with van der Waals surface area (Å²) in [4.78, 5) is 0. The molecule has 192 valence electrons. The quantitative estimate of drug-likeness (QED) is 0.317. The topological polar surface area (TPSA) is 0 Å². The largest absolute Gasteiger partial charge is 1.00 e. The van der Waals surface area contributed by atoms with Crippen LogP contribution in [0.15, 0.2) is 47.1 Å². The minimum Gasteiger partial charge on any atom is -1.00 e. The third-order valence-corrected chi connectivity index (χ3v) is 11.5. The van der Waals surface area contributed by atoms with E-state index in [2.05, 4.69) is 132 Å². The van der Waals surface area contributed by atoms with Gasteiger partial charge in [0.2, 0.25) is 0 Å². The van der Waals surface area contributed by atoms with Crippen molar-refractivity contribution in [2.45, 2.75) is 104 Å². The van der Waals surface area contributed by atoms with Gasteiger partial charge in [-0.15, -0.1) is 0 Å². The molecule has 0 aromatic rings. The summed E-state index contributed by atoms with van der Waals surface area (Å²) in [5.41, 5.74) is 0. The fourth-order valence-electron chi connectivity index (χ4n) is 4.59. The number of rotatable bonds is 2. The Labute approximate surface area is 240 Å².